The number of thiophene rings is 1. The van der Waals surface area contributed by atoms with Crippen LogP contribution in [0.15, 0.2) is 52.5 Å². The summed E-state index contributed by atoms with van der Waals surface area (Å²) in [6.07, 6.45) is 4.03. The second-order valence-electron chi connectivity index (χ2n) is 7.70. The molecule has 1 aromatic carbocycles. The second kappa shape index (κ2) is 9.45. The van der Waals surface area contributed by atoms with Crippen LogP contribution in [0, 0.1) is 5.92 Å². The molecule has 0 radical (unpaired) electrons. The Kier molecular flexibility index (Phi) is 6.50. The fourth-order valence-corrected chi connectivity index (χ4v) is 4.83. The number of nitrogens with one attached hydrogen (secondary N) is 1. The Labute approximate surface area is 180 Å². The monoisotopic (exact) mass is 425 g/mol. The maximum absolute atomic E-state index is 12.5. The molecule has 2 unspecified atom stereocenters. The Morgan fingerprint density at radius 3 is 2.90 bits per heavy atom. The van der Waals surface area contributed by atoms with Gasteiger partial charge in [0.05, 0.1) is 24.1 Å². The van der Waals surface area contributed by atoms with Crippen LogP contribution in [0.5, 0.6) is 5.75 Å². The van der Waals surface area contributed by atoms with Crippen LogP contribution >= 0.6 is 11.3 Å². The lowest BCUT2D eigenvalue weighted by Gasteiger charge is -2.39. The molecule has 0 bridgehead atoms. The number of piperidine rings is 1. The number of methoxy groups -OCH3 is 1. The van der Waals surface area contributed by atoms with Gasteiger partial charge in [-0.25, -0.2) is 4.98 Å². The molecular weight excluding hydrogens is 398 g/mol. The van der Waals surface area contributed by atoms with E-state index in [9.17, 15) is 4.79 Å². The lowest BCUT2D eigenvalue weighted by Crippen LogP contribution is -2.42. The first-order chi connectivity index (χ1) is 14.6. The highest BCUT2D eigenvalue weighted by Gasteiger charge is 2.30. The lowest BCUT2D eigenvalue weighted by molar-refractivity contribution is -0.120. The minimum Gasteiger partial charge on any atom is -0.497 e. The molecule has 1 aliphatic rings. The van der Waals surface area contributed by atoms with E-state index >= 15 is 0 Å². The first-order valence-electron chi connectivity index (χ1n) is 10.2. The van der Waals surface area contributed by atoms with E-state index in [4.69, 9.17) is 9.15 Å². The van der Waals surface area contributed by atoms with Gasteiger partial charge < -0.3 is 14.5 Å². The first-order valence-corrected chi connectivity index (χ1v) is 11.1. The number of benzene rings is 1. The zero-order chi connectivity index (χ0) is 20.9. The molecular formula is C23H27N3O3S. The summed E-state index contributed by atoms with van der Waals surface area (Å²) in [5.74, 6) is 1.76. The minimum atomic E-state index is -0.0252. The summed E-state index contributed by atoms with van der Waals surface area (Å²) in [7, 11) is 3.84. The van der Waals surface area contributed by atoms with Crippen molar-refractivity contribution in [2.75, 3.05) is 27.2 Å². The summed E-state index contributed by atoms with van der Waals surface area (Å²) >= 11 is 1.57. The molecule has 158 valence electrons. The molecule has 0 spiro atoms. The molecule has 1 fully saturated rings. The highest BCUT2D eigenvalue weighted by Crippen LogP contribution is 2.35. The largest absolute Gasteiger partial charge is 0.497 e. The van der Waals surface area contributed by atoms with Gasteiger partial charge in [0, 0.05) is 12.6 Å². The number of carbonyl (C=O) groups is 1. The SMILES string of the molecule is COc1ccc(C2C(CNC(=O)Cc3coc(-c4cccs4)n3)CCCN2C)cc1. The fraction of sp³-hybridized carbons (Fsp3) is 0.391. The van der Waals surface area contributed by atoms with E-state index < -0.39 is 0 Å². The summed E-state index contributed by atoms with van der Waals surface area (Å²) in [4.78, 5) is 20.3. The van der Waals surface area contributed by atoms with E-state index in [-0.39, 0.29) is 18.4 Å². The quantitative estimate of drug-likeness (QED) is 0.616. The Bertz CT molecular complexity index is 953. The van der Waals surface area contributed by atoms with E-state index in [1.807, 2.05) is 29.6 Å². The maximum atomic E-state index is 12.5. The standard InChI is InChI=1S/C23H27N3O3S/c1-26-11-3-5-17(22(26)16-7-9-19(28-2)10-8-16)14-24-21(27)13-18-15-29-23(25-18)20-6-4-12-30-20/h4,6-10,12,15,17,22H,3,5,11,13-14H2,1-2H3,(H,24,27). The van der Waals surface area contributed by atoms with Crippen molar-refractivity contribution in [3.63, 3.8) is 0 Å². The average Bonchev–Trinajstić information content (AvgIpc) is 3.44. The molecule has 1 saturated heterocycles. The molecule has 4 rings (SSSR count). The van der Waals surface area contributed by atoms with E-state index in [2.05, 4.69) is 34.4 Å². The van der Waals surface area contributed by atoms with Crippen LogP contribution in [-0.2, 0) is 11.2 Å². The maximum Gasteiger partial charge on any atom is 0.236 e. The molecule has 1 aliphatic heterocycles. The van der Waals surface area contributed by atoms with Gasteiger partial charge in [0.2, 0.25) is 11.8 Å². The number of rotatable bonds is 7. The van der Waals surface area contributed by atoms with Crippen molar-refractivity contribution in [2.45, 2.75) is 25.3 Å². The summed E-state index contributed by atoms with van der Waals surface area (Å²) in [5.41, 5.74) is 1.91. The van der Waals surface area contributed by atoms with Gasteiger partial charge in [0.25, 0.3) is 0 Å². The fourth-order valence-electron chi connectivity index (χ4n) is 4.17. The van der Waals surface area contributed by atoms with E-state index in [0.29, 0.717) is 24.0 Å². The Morgan fingerprint density at radius 2 is 2.17 bits per heavy atom. The van der Waals surface area contributed by atoms with Crippen LogP contribution in [0.3, 0.4) is 0 Å². The van der Waals surface area contributed by atoms with E-state index in [0.717, 1.165) is 30.0 Å². The summed E-state index contributed by atoms with van der Waals surface area (Å²) in [5, 5.41) is 5.10. The Balaban J connectivity index is 1.36. The molecule has 30 heavy (non-hydrogen) atoms. The topological polar surface area (TPSA) is 67.6 Å². The number of aromatic nitrogens is 1. The molecule has 1 amide bonds. The Hall–Kier alpha value is -2.64. The number of oxazole rings is 1. The highest BCUT2D eigenvalue weighted by atomic mass is 32.1. The molecule has 7 heteroatoms. The molecule has 3 heterocycles. The van der Waals surface area contributed by atoms with Gasteiger partial charge in [0.15, 0.2) is 0 Å². The van der Waals surface area contributed by atoms with Crippen LogP contribution in [0.2, 0.25) is 0 Å². The van der Waals surface area contributed by atoms with Crippen LogP contribution in [0.1, 0.15) is 30.1 Å². The highest BCUT2D eigenvalue weighted by molar-refractivity contribution is 7.13. The van der Waals surface area contributed by atoms with Gasteiger partial charge in [-0.2, -0.15) is 0 Å². The normalized spacial score (nSPS) is 19.5. The van der Waals surface area contributed by atoms with Gasteiger partial charge in [-0.05, 0) is 61.5 Å². The van der Waals surface area contributed by atoms with Crippen LogP contribution < -0.4 is 10.1 Å². The average molecular weight is 426 g/mol. The third-order valence-electron chi connectivity index (χ3n) is 5.65. The minimum absolute atomic E-state index is 0.0252. The number of amides is 1. The van der Waals surface area contributed by atoms with Gasteiger partial charge in [-0.1, -0.05) is 18.2 Å². The molecule has 2 atom stereocenters. The summed E-state index contributed by atoms with van der Waals surface area (Å²) < 4.78 is 10.8. The summed E-state index contributed by atoms with van der Waals surface area (Å²) in [6.45, 7) is 1.71. The second-order valence-corrected chi connectivity index (χ2v) is 8.65. The van der Waals surface area contributed by atoms with Crippen molar-refractivity contribution in [2.24, 2.45) is 5.92 Å². The lowest BCUT2D eigenvalue weighted by atomic mass is 9.85. The first kappa shape index (κ1) is 20.6. The number of hydrogen-bond acceptors (Lipinski definition) is 6. The predicted octanol–water partition coefficient (Wildman–Crippen LogP) is 4.15. The number of carbonyl (C=O) groups excluding carboxylic acids is 1. The van der Waals surface area contributed by atoms with Gasteiger partial charge in [-0.3, -0.25) is 9.69 Å². The third kappa shape index (κ3) is 4.74. The van der Waals surface area contributed by atoms with Gasteiger partial charge >= 0.3 is 0 Å². The molecule has 0 aliphatic carbocycles. The zero-order valence-corrected chi connectivity index (χ0v) is 18.2. The number of hydrogen-bond donors (Lipinski definition) is 1. The van der Waals surface area contributed by atoms with Crippen molar-refractivity contribution in [3.8, 4) is 16.5 Å². The number of nitrogens with zero attached hydrogens (tertiary/aromatic N) is 2. The molecule has 6 nitrogen and oxygen atoms in total. The van der Waals surface area contributed by atoms with Crippen LogP contribution in [0.25, 0.3) is 10.8 Å². The van der Waals surface area contributed by atoms with Gasteiger partial charge in [-0.15, -0.1) is 11.3 Å². The van der Waals surface area contributed by atoms with Crippen LogP contribution in [0.4, 0.5) is 0 Å². The van der Waals surface area contributed by atoms with Crippen LogP contribution in [-0.4, -0.2) is 43.0 Å². The third-order valence-corrected chi connectivity index (χ3v) is 6.51. The van der Waals surface area contributed by atoms with Crippen molar-refractivity contribution in [3.05, 3.63) is 59.3 Å². The van der Waals surface area contributed by atoms with Crippen molar-refractivity contribution in [1.29, 1.82) is 0 Å². The molecule has 1 N–H and O–H groups in total. The molecule has 3 aromatic rings. The zero-order valence-electron chi connectivity index (χ0n) is 17.3. The Morgan fingerprint density at radius 1 is 1.33 bits per heavy atom. The smallest absolute Gasteiger partial charge is 0.236 e. The summed E-state index contributed by atoms with van der Waals surface area (Å²) in [6, 6.07) is 12.5. The van der Waals surface area contributed by atoms with E-state index in [1.54, 1.807) is 24.7 Å². The van der Waals surface area contributed by atoms with Crippen molar-refractivity contribution < 1.29 is 13.9 Å². The molecule has 2 aromatic heterocycles. The van der Waals surface area contributed by atoms with Gasteiger partial charge in [0.1, 0.15) is 12.0 Å². The van der Waals surface area contributed by atoms with Crippen molar-refractivity contribution in [1.82, 2.24) is 15.2 Å². The van der Waals surface area contributed by atoms with Crippen molar-refractivity contribution >= 4 is 17.2 Å². The number of ether oxygens (including phenoxy) is 1. The predicted molar refractivity (Wildman–Crippen MR) is 118 cm³/mol. The number of likely N-dealkylation sites (tertiary alicyclic amines) is 1. The molecule has 0 saturated carbocycles. The van der Waals surface area contributed by atoms with E-state index in [1.165, 1.54) is 5.56 Å².